The van der Waals surface area contributed by atoms with Crippen molar-refractivity contribution in [2.45, 2.75) is 103 Å². The van der Waals surface area contributed by atoms with Crippen molar-refractivity contribution < 1.29 is 18.6 Å². The molecular formula is C28H40B2O4. The Balaban J connectivity index is 1.47. The summed E-state index contributed by atoms with van der Waals surface area (Å²) >= 11 is 0. The molecule has 182 valence electrons. The maximum absolute atomic E-state index is 6.47. The molecule has 2 aliphatic heterocycles. The standard InChI is InChI=1S/C28H40B2O4/c1-25(2)26(3,4)32-29(31-25)20-24(30-33-27(5,6)28(7,8)34-30)19-16-21-14-17-23(18-15-21)22-12-10-9-11-13-22/h9-15,17-18,24H,16,19-20H2,1-8H3/t24-/m0/s1. The first kappa shape index (κ1) is 25.5. The molecule has 34 heavy (non-hydrogen) atoms. The molecule has 4 rings (SSSR count). The Kier molecular flexibility index (Phi) is 6.85. The predicted octanol–water partition coefficient (Wildman–Crippen LogP) is 6.84. The van der Waals surface area contributed by atoms with E-state index in [0.29, 0.717) is 0 Å². The van der Waals surface area contributed by atoms with Gasteiger partial charge < -0.3 is 18.6 Å². The number of benzene rings is 2. The summed E-state index contributed by atoms with van der Waals surface area (Å²) in [6.45, 7) is 16.9. The van der Waals surface area contributed by atoms with Gasteiger partial charge in [0.25, 0.3) is 0 Å². The van der Waals surface area contributed by atoms with Gasteiger partial charge in [-0.15, -0.1) is 0 Å². The molecular weight excluding hydrogens is 422 g/mol. The number of hydrogen-bond acceptors (Lipinski definition) is 4. The van der Waals surface area contributed by atoms with Gasteiger partial charge in [0.15, 0.2) is 0 Å². The van der Waals surface area contributed by atoms with Gasteiger partial charge in [-0.25, -0.2) is 0 Å². The van der Waals surface area contributed by atoms with E-state index in [1.807, 2.05) is 6.07 Å². The van der Waals surface area contributed by atoms with Crippen molar-refractivity contribution in [2.75, 3.05) is 0 Å². The molecule has 0 bridgehead atoms. The van der Waals surface area contributed by atoms with Crippen molar-refractivity contribution in [1.82, 2.24) is 0 Å². The fraction of sp³-hybridized carbons (Fsp3) is 0.571. The minimum atomic E-state index is -0.358. The van der Waals surface area contributed by atoms with Gasteiger partial charge in [0, 0.05) is 0 Å². The van der Waals surface area contributed by atoms with E-state index in [0.717, 1.165) is 19.2 Å². The molecule has 0 amide bonds. The third-order valence-corrected chi connectivity index (χ3v) is 8.32. The highest BCUT2D eigenvalue weighted by Gasteiger charge is 2.56. The van der Waals surface area contributed by atoms with E-state index >= 15 is 0 Å². The van der Waals surface area contributed by atoms with Crippen LogP contribution in [0, 0.1) is 0 Å². The Morgan fingerprint density at radius 3 is 1.62 bits per heavy atom. The maximum atomic E-state index is 6.47. The molecule has 2 saturated heterocycles. The minimum absolute atomic E-state index is 0.157. The van der Waals surface area contributed by atoms with Crippen molar-refractivity contribution >= 4 is 14.2 Å². The molecule has 0 aliphatic carbocycles. The fourth-order valence-electron chi connectivity index (χ4n) is 4.60. The van der Waals surface area contributed by atoms with Crippen molar-refractivity contribution in [3.63, 3.8) is 0 Å². The predicted molar refractivity (Wildman–Crippen MR) is 141 cm³/mol. The molecule has 0 unspecified atom stereocenters. The number of rotatable bonds is 7. The topological polar surface area (TPSA) is 36.9 Å². The largest absolute Gasteiger partial charge is 0.460 e. The second kappa shape index (κ2) is 9.13. The summed E-state index contributed by atoms with van der Waals surface area (Å²) in [7, 11) is -0.554. The van der Waals surface area contributed by atoms with E-state index in [1.165, 1.54) is 16.7 Å². The van der Waals surface area contributed by atoms with Gasteiger partial charge in [-0.3, -0.25) is 0 Å². The van der Waals surface area contributed by atoms with E-state index < -0.39 is 0 Å². The van der Waals surface area contributed by atoms with E-state index in [9.17, 15) is 0 Å². The van der Waals surface area contributed by atoms with Crippen LogP contribution in [0.4, 0.5) is 0 Å². The second-order valence-corrected chi connectivity index (χ2v) is 11.9. The maximum Gasteiger partial charge on any atom is 0.460 e. The zero-order chi connectivity index (χ0) is 24.8. The molecule has 4 nitrogen and oxygen atoms in total. The quantitative estimate of drug-likeness (QED) is 0.423. The summed E-state index contributed by atoms with van der Waals surface area (Å²) in [5, 5.41) is 0. The molecule has 0 aromatic heterocycles. The van der Waals surface area contributed by atoms with Crippen molar-refractivity contribution in [1.29, 1.82) is 0 Å². The van der Waals surface area contributed by atoms with Gasteiger partial charge in [0.2, 0.25) is 0 Å². The van der Waals surface area contributed by atoms with Gasteiger partial charge >= 0.3 is 14.2 Å². The zero-order valence-corrected chi connectivity index (χ0v) is 22.2. The zero-order valence-electron chi connectivity index (χ0n) is 22.2. The molecule has 0 spiro atoms. The Labute approximate surface area is 207 Å². The minimum Gasteiger partial charge on any atom is -0.403 e. The van der Waals surface area contributed by atoms with E-state index in [-0.39, 0.29) is 42.5 Å². The van der Waals surface area contributed by atoms with Gasteiger partial charge in [-0.2, -0.15) is 0 Å². The van der Waals surface area contributed by atoms with Crippen LogP contribution in [0.2, 0.25) is 12.1 Å². The lowest BCUT2D eigenvalue weighted by molar-refractivity contribution is 0.00578. The van der Waals surface area contributed by atoms with Gasteiger partial charge in [-0.05, 0) is 97.1 Å². The second-order valence-electron chi connectivity index (χ2n) is 11.9. The first-order valence-corrected chi connectivity index (χ1v) is 12.7. The van der Waals surface area contributed by atoms with Crippen LogP contribution >= 0.6 is 0 Å². The molecule has 2 aliphatic rings. The van der Waals surface area contributed by atoms with E-state index in [4.69, 9.17) is 18.6 Å². The van der Waals surface area contributed by atoms with Gasteiger partial charge in [0.1, 0.15) is 0 Å². The van der Waals surface area contributed by atoms with Crippen molar-refractivity contribution in [2.24, 2.45) is 0 Å². The summed E-state index contributed by atoms with van der Waals surface area (Å²) in [6, 6.07) is 19.4. The van der Waals surface area contributed by atoms with Crippen LogP contribution in [0.3, 0.4) is 0 Å². The molecule has 0 radical (unpaired) electrons. The lowest BCUT2D eigenvalue weighted by Crippen LogP contribution is -2.41. The summed E-state index contributed by atoms with van der Waals surface area (Å²) < 4.78 is 25.6. The molecule has 2 fully saturated rings. The molecule has 0 saturated carbocycles. The molecule has 0 N–H and O–H groups in total. The normalized spacial score (nSPS) is 23.3. The molecule has 2 aromatic carbocycles. The smallest absolute Gasteiger partial charge is 0.403 e. The average molecular weight is 462 g/mol. The number of aryl methyl sites for hydroxylation is 1. The molecule has 1 atom stereocenters. The Hall–Kier alpha value is -1.59. The highest BCUT2D eigenvalue weighted by molar-refractivity contribution is 6.53. The van der Waals surface area contributed by atoms with Crippen LogP contribution in [-0.2, 0) is 25.0 Å². The van der Waals surface area contributed by atoms with Crippen molar-refractivity contribution in [3.8, 4) is 11.1 Å². The molecule has 2 heterocycles. The molecule has 6 heteroatoms. The highest BCUT2D eigenvalue weighted by Crippen LogP contribution is 2.45. The van der Waals surface area contributed by atoms with Crippen LogP contribution in [0.25, 0.3) is 11.1 Å². The Morgan fingerprint density at radius 1 is 0.618 bits per heavy atom. The van der Waals surface area contributed by atoms with Crippen LogP contribution in [0.15, 0.2) is 54.6 Å². The van der Waals surface area contributed by atoms with Crippen LogP contribution < -0.4 is 0 Å². The number of hydrogen-bond donors (Lipinski definition) is 0. The summed E-state index contributed by atoms with van der Waals surface area (Å²) in [4.78, 5) is 0. The summed E-state index contributed by atoms with van der Waals surface area (Å²) in [5.74, 6) is 0.157. The highest BCUT2D eigenvalue weighted by atomic mass is 16.7. The Bertz CT molecular complexity index is 938. The van der Waals surface area contributed by atoms with Crippen molar-refractivity contribution in [3.05, 3.63) is 60.2 Å². The Morgan fingerprint density at radius 2 is 1.09 bits per heavy atom. The van der Waals surface area contributed by atoms with E-state index in [2.05, 4.69) is 104 Å². The van der Waals surface area contributed by atoms with E-state index in [1.54, 1.807) is 0 Å². The van der Waals surface area contributed by atoms with Gasteiger partial charge in [0.05, 0.1) is 22.4 Å². The van der Waals surface area contributed by atoms with Crippen LogP contribution in [-0.4, -0.2) is 36.6 Å². The third kappa shape index (κ3) is 5.16. The van der Waals surface area contributed by atoms with Crippen LogP contribution in [0.1, 0.15) is 67.4 Å². The SMILES string of the molecule is CC1(C)OB(C[C@H](CCc2ccc(-c3ccccc3)cc2)B2OC(C)(C)C(C)(C)O2)OC1(C)C. The lowest BCUT2D eigenvalue weighted by Gasteiger charge is -2.32. The van der Waals surface area contributed by atoms with Gasteiger partial charge in [-0.1, -0.05) is 54.6 Å². The molecule has 2 aromatic rings. The summed E-state index contributed by atoms with van der Waals surface area (Å²) in [6.07, 6.45) is 2.63. The first-order valence-electron chi connectivity index (χ1n) is 12.7. The van der Waals surface area contributed by atoms with Crippen LogP contribution in [0.5, 0.6) is 0 Å². The monoisotopic (exact) mass is 462 g/mol. The lowest BCUT2D eigenvalue weighted by atomic mass is 9.59. The average Bonchev–Trinajstić information content (AvgIpc) is 3.10. The first-order chi connectivity index (χ1) is 15.8. The third-order valence-electron chi connectivity index (χ3n) is 8.32. The summed E-state index contributed by atoms with van der Waals surface area (Å²) in [5.41, 5.74) is 2.40. The fourth-order valence-corrected chi connectivity index (χ4v) is 4.60.